The van der Waals surface area contributed by atoms with Crippen molar-refractivity contribution in [2.24, 2.45) is 0 Å². The Bertz CT molecular complexity index is 766. The Morgan fingerprint density at radius 2 is 2.00 bits per heavy atom. The molecule has 0 aliphatic rings. The van der Waals surface area contributed by atoms with Gasteiger partial charge in [-0.1, -0.05) is 17.7 Å². The summed E-state index contributed by atoms with van der Waals surface area (Å²) < 4.78 is 18.9. The normalized spacial score (nSPS) is 10.3. The quantitative estimate of drug-likeness (QED) is 0.772. The van der Waals surface area contributed by atoms with Gasteiger partial charge in [-0.15, -0.1) is 0 Å². The molecule has 0 aromatic heterocycles. The molecule has 0 aliphatic carbocycles. The van der Waals surface area contributed by atoms with E-state index in [0.29, 0.717) is 5.69 Å². The highest BCUT2D eigenvalue weighted by Crippen LogP contribution is 2.22. The van der Waals surface area contributed by atoms with Gasteiger partial charge < -0.3 is 14.7 Å². The van der Waals surface area contributed by atoms with E-state index in [1.807, 2.05) is 0 Å². The summed E-state index contributed by atoms with van der Waals surface area (Å²) >= 11 is 5.61. The number of anilines is 1. The van der Waals surface area contributed by atoms with Crippen molar-refractivity contribution in [3.8, 4) is 5.75 Å². The molecular formula is C17H15ClFNO4. The first-order chi connectivity index (χ1) is 11.4. The Hall–Kier alpha value is -2.60. The van der Waals surface area contributed by atoms with Crippen LogP contribution in [0.4, 0.5) is 10.1 Å². The van der Waals surface area contributed by atoms with Gasteiger partial charge in [0.2, 0.25) is 0 Å². The number of halogens is 2. The van der Waals surface area contributed by atoms with Crippen LogP contribution in [-0.4, -0.2) is 30.1 Å². The Kier molecular flexibility index (Phi) is 5.76. The van der Waals surface area contributed by atoms with E-state index < -0.39 is 11.8 Å². The largest absolute Gasteiger partial charge is 0.478 e. The molecule has 0 atom stereocenters. The molecule has 5 nitrogen and oxygen atoms in total. The fraction of sp³-hybridized carbons (Fsp3) is 0.176. The van der Waals surface area contributed by atoms with Crippen LogP contribution in [0.5, 0.6) is 5.75 Å². The number of benzene rings is 2. The van der Waals surface area contributed by atoms with Gasteiger partial charge in [0, 0.05) is 11.8 Å². The second-order valence-electron chi connectivity index (χ2n) is 5.10. The van der Waals surface area contributed by atoms with Gasteiger partial charge in [-0.3, -0.25) is 4.79 Å². The number of hydrogen-bond donors (Lipinski definition) is 1. The van der Waals surface area contributed by atoms with E-state index >= 15 is 0 Å². The van der Waals surface area contributed by atoms with E-state index in [1.165, 1.54) is 31.2 Å². The second-order valence-corrected chi connectivity index (χ2v) is 5.51. The van der Waals surface area contributed by atoms with Crippen LogP contribution in [0.2, 0.25) is 5.02 Å². The van der Waals surface area contributed by atoms with Gasteiger partial charge in [0.1, 0.15) is 17.3 Å². The third kappa shape index (κ3) is 4.70. The lowest BCUT2D eigenvalue weighted by Crippen LogP contribution is -2.32. The number of carbonyl (C=O) groups is 2. The number of ketones is 1. The molecule has 1 N–H and O–H groups in total. The summed E-state index contributed by atoms with van der Waals surface area (Å²) in [7, 11) is 0. The molecule has 0 spiro atoms. The predicted molar refractivity (Wildman–Crippen MR) is 88.3 cm³/mol. The lowest BCUT2D eigenvalue weighted by atomic mass is 10.2. The maximum atomic E-state index is 13.4. The van der Waals surface area contributed by atoms with Crippen molar-refractivity contribution in [2.75, 3.05) is 18.2 Å². The zero-order chi connectivity index (χ0) is 17.7. The number of carboxylic acid groups (broad SMARTS) is 1. The molecule has 0 unspecified atom stereocenters. The number of nitrogens with zero attached hydrogens (tertiary/aromatic N) is 1. The highest BCUT2D eigenvalue weighted by Gasteiger charge is 2.13. The molecule has 0 bridgehead atoms. The minimum Gasteiger partial charge on any atom is -0.478 e. The standard InChI is InChI=1S/C17H15ClFNO4/c1-11(21)9-20(13-4-2-3-12(7-13)17(22)23)10-24-14-5-6-15(18)16(19)8-14/h2-8H,9-10H2,1H3,(H,22,23). The van der Waals surface area contributed by atoms with Gasteiger partial charge in [0.25, 0.3) is 0 Å². The summed E-state index contributed by atoms with van der Waals surface area (Å²) in [4.78, 5) is 24.1. The summed E-state index contributed by atoms with van der Waals surface area (Å²) in [6.07, 6.45) is 0. The predicted octanol–water partition coefficient (Wildman–Crippen LogP) is 3.61. The molecule has 2 aromatic carbocycles. The molecule has 0 saturated carbocycles. The van der Waals surface area contributed by atoms with E-state index in [9.17, 15) is 14.0 Å². The lowest BCUT2D eigenvalue weighted by molar-refractivity contribution is -0.115. The average molecular weight is 352 g/mol. The van der Waals surface area contributed by atoms with Crippen molar-refractivity contribution < 1.29 is 23.8 Å². The van der Waals surface area contributed by atoms with Crippen LogP contribution in [0.15, 0.2) is 42.5 Å². The van der Waals surface area contributed by atoms with E-state index in [1.54, 1.807) is 17.0 Å². The number of carbonyl (C=O) groups excluding carboxylic acids is 1. The van der Waals surface area contributed by atoms with E-state index in [0.717, 1.165) is 6.07 Å². The summed E-state index contributed by atoms with van der Waals surface area (Å²) in [5.41, 5.74) is 0.609. The fourth-order valence-corrected chi connectivity index (χ4v) is 2.15. The highest BCUT2D eigenvalue weighted by atomic mass is 35.5. The summed E-state index contributed by atoms with van der Waals surface area (Å²) in [6, 6.07) is 10.2. The number of rotatable bonds is 7. The van der Waals surface area contributed by atoms with Crippen molar-refractivity contribution in [3.05, 3.63) is 58.9 Å². The molecule has 0 amide bonds. The van der Waals surface area contributed by atoms with Crippen LogP contribution in [0.1, 0.15) is 17.3 Å². The SMILES string of the molecule is CC(=O)CN(COc1ccc(Cl)c(F)c1)c1cccc(C(=O)O)c1. The average Bonchev–Trinajstić information content (AvgIpc) is 2.54. The van der Waals surface area contributed by atoms with Crippen LogP contribution in [0, 0.1) is 5.82 Å². The Morgan fingerprint density at radius 3 is 2.62 bits per heavy atom. The molecule has 2 rings (SSSR count). The topological polar surface area (TPSA) is 66.8 Å². The van der Waals surface area contributed by atoms with Crippen molar-refractivity contribution >= 4 is 29.0 Å². The first-order valence-corrected chi connectivity index (χ1v) is 7.40. The first-order valence-electron chi connectivity index (χ1n) is 7.02. The minimum atomic E-state index is -1.07. The fourth-order valence-electron chi connectivity index (χ4n) is 2.03. The van der Waals surface area contributed by atoms with Crippen LogP contribution in [0.25, 0.3) is 0 Å². The number of aromatic carboxylic acids is 1. The smallest absolute Gasteiger partial charge is 0.335 e. The number of ether oxygens (including phenoxy) is 1. The van der Waals surface area contributed by atoms with Crippen molar-refractivity contribution in [3.63, 3.8) is 0 Å². The van der Waals surface area contributed by atoms with Crippen LogP contribution < -0.4 is 9.64 Å². The molecule has 7 heteroatoms. The van der Waals surface area contributed by atoms with Gasteiger partial charge >= 0.3 is 5.97 Å². The van der Waals surface area contributed by atoms with Gasteiger partial charge in [0.15, 0.2) is 6.73 Å². The number of Topliss-reactive ketones (excluding diaryl/α,β-unsaturated/α-hetero) is 1. The third-order valence-electron chi connectivity index (χ3n) is 3.15. The minimum absolute atomic E-state index is 0.0166. The molecular weight excluding hydrogens is 337 g/mol. The first kappa shape index (κ1) is 17.7. The van der Waals surface area contributed by atoms with Crippen LogP contribution in [0.3, 0.4) is 0 Å². The maximum Gasteiger partial charge on any atom is 0.335 e. The zero-order valence-corrected chi connectivity index (χ0v) is 13.6. The molecule has 24 heavy (non-hydrogen) atoms. The molecule has 0 saturated heterocycles. The van der Waals surface area contributed by atoms with E-state index in [4.69, 9.17) is 21.4 Å². The lowest BCUT2D eigenvalue weighted by Gasteiger charge is -2.24. The molecule has 0 fully saturated rings. The monoisotopic (exact) mass is 351 g/mol. The van der Waals surface area contributed by atoms with Gasteiger partial charge in [-0.2, -0.15) is 0 Å². The summed E-state index contributed by atoms with van der Waals surface area (Å²) in [5.74, 6) is -1.55. The van der Waals surface area contributed by atoms with Crippen LogP contribution >= 0.6 is 11.6 Å². The van der Waals surface area contributed by atoms with Gasteiger partial charge in [-0.25, -0.2) is 9.18 Å². The van der Waals surface area contributed by atoms with E-state index in [2.05, 4.69) is 0 Å². The Balaban J connectivity index is 2.19. The van der Waals surface area contributed by atoms with E-state index in [-0.39, 0.29) is 35.4 Å². The van der Waals surface area contributed by atoms with Crippen LogP contribution in [-0.2, 0) is 4.79 Å². The maximum absolute atomic E-state index is 13.4. The highest BCUT2D eigenvalue weighted by molar-refractivity contribution is 6.30. The Labute approximate surface area is 143 Å². The molecule has 126 valence electrons. The van der Waals surface area contributed by atoms with Crippen molar-refractivity contribution in [2.45, 2.75) is 6.92 Å². The second kappa shape index (κ2) is 7.79. The molecule has 2 aromatic rings. The Morgan fingerprint density at radius 1 is 1.25 bits per heavy atom. The number of carboxylic acids is 1. The summed E-state index contributed by atoms with van der Waals surface area (Å²) in [6.45, 7) is 1.39. The van der Waals surface area contributed by atoms with Gasteiger partial charge in [0.05, 0.1) is 17.1 Å². The zero-order valence-electron chi connectivity index (χ0n) is 12.8. The van der Waals surface area contributed by atoms with Gasteiger partial charge in [-0.05, 0) is 37.3 Å². The van der Waals surface area contributed by atoms with Crippen molar-refractivity contribution in [1.82, 2.24) is 0 Å². The molecule has 0 radical (unpaired) electrons. The van der Waals surface area contributed by atoms with Crippen molar-refractivity contribution in [1.29, 1.82) is 0 Å². The number of hydrogen-bond acceptors (Lipinski definition) is 4. The molecule has 0 aliphatic heterocycles. The third-order valence-corrected chi connectivity index (χ3v) is 3.46. The summed E-state index contributed by atoms with van der Waals surface area (Å²) in [5, 5.41) is 9.05. The molecule has 0 heterocycles.